The molecule has 3 nitrogen and oxygen atoms in total. The molecule has 0 aliphatic carbocycles. The molecule has 1 N–H and O–H groups in total. The predicted octanol–water partition coefficient (Wildman–Crippen LogP) is 2.91. The highest BCUT2D eigenvalue weighted by molar-refractivity contribution is 5.54. The van der Waals surface area contributed by atoms with Gasteiger partial charge in [0.15, 0.2) is 0 Å². The van der Waals surface area contributed by atoms with Gasteiger partial charge in [0.25, 0.3) is 0 Å². The zero-order valence-corrected chi connectivity index (χ0v) is 11.0. The number of aromatic nitrogens is 1. The molecule has 0 fully saturated rings. The predicted molar refractivity (Wildman–Crippen MR) is 73.4 cm³/mol. The second-order valence-electron chi connectivity index (χ2n) is 4.59. The van der Waals surface area contributed by atoms with Crippen molar-refractivity contribution in [2.45, 2.75) is 19.6 Å². The van der Waals surface area contributed by atoms with Crippen LogP contribution in [0, 0.1) is 5.82 Å². The molecule has 0 spiro atoms. The van der Waals surface area contributed by atoms with Crippen LogP contribution < -0.4 is 4.90 Å². The molecule has 1 heterocycles. The number of nitrogens with zero attached hydrogens (tertiary/aromatic N) is 2. The number of pyridine rings is 1. The summed E-state index contributed by atoms with van der Waals surface area (Å²) >= 11 is 0. The Balaban J connectivity index is 2.26. The molecule has 0 aliphatic heterocycles. The van der Waals surface area contributed by atoms with Gasteiger partial charge in [-0.1, -0.05) is 0 Å². The molecule has 4 heteroatoms. The fourth-order valence-corrected chi connectivity index (χ4v) is 2.05. The maximum atomic E-state index is 13.3. The first-order chi connectivity index (χ1) is 9.08. The monoisotopic (exact) mass is 260 g/mol. The summed E-state index contributed by atoms with van der Waals surface area (Å²) in [5.41, 5.74) is 2.53. The third-order valence-corrected chi connectivity index (χ3v) is 3.02. The number of aliphatic hydroxyl groups is 1. The van der Waals surface area contributed by atoms with Gasteiger partial charge in [-0.25, -0.2) is 4.39 Å². The molecule has 1 atom stereocenters. The van der Waals surface area contributed by atoms with Crippen molar-refractivity contribution < 1.29 is 9.50 Å². The van der Waals surface area contributed by atoms with E-state index < -0.39 is 6.10 Å². The minimum absolute atomic E-state index is 0.336. The molecule has 0 saturated carbocycles. The van der Waals surface area contributed by atoms with E-state index in [-0.39, 0.29) is 5.82 Å². The largest absolute Gasteiger partial charge is 0.389 e. The van der Waals surface area contributed by atoms with E-state index in [1.807, 2.05) is 24.1 Å². The summed E-state index contributed by atoms with van der Waals surface area (Å²) in [5, 5.41) is 9.74. The standard InChI is InChI=1S/C15H17FN2O/c1-11(19)14-9-13(16)3-4-15(14)18(2)10-12-5-7-17-8-6-12/h3-9,11,19H,10H2,1-2H3/t11-/m0/s1. The maximum absolute atomic E-state index is 13.3. The van der Waals surface area contributed by atoms with Gasteiger partial charge in [-0.3, -0.25) is 4.98 Å². The molecule has 1 aromatic heterocycles. The lowest BCUT2D eigenvalue weighted by Gasteiger charge is -2.23. The lowest BCUT2D eigenvalue weighted by molar-refractivity contribution is 0.199. The Labute approximate surface area is 112 Å². The van der Waals surface area contributed by atoms with Gasteiger partial charge in [0, 0.05) is 37.2 Å². The van der Waals surface area contributed by atoms with Gasteiger partial charge in [0.1, 0.15) is 5.82 Å². The molecule has 0 radical (unpaired) electrons. The Bertz CT molecular complexity index is 543. The molecule has 2 rings (SSSR count). The first kappa shape index (κ1) is 13.5. The van der Waals surface area contributed by atoms with E-state index >= 15 is 0 Å². The Hall–Kier alpha value is -1.94. The summed E-state index contributed by atoms with van der Waals surface area (Å²) in [6.07, 6.45) is 2.78. The third kappa shape index (κ3) is 3.29. The first-order valence-electron chi connectivity index (χ1n) is 6.15. The van der Waals surface area contributed by atoms with Crippen LogP contribution in [0.1, 0.15) is 24.2 Å². The van der Waals surface area contributed by atoms with Gasteiger partial charge in [0.2, 0.25) is 0 Å². The maximum Gasteiger partial charge on any atom is 0.123 e. The number of hydrogen-bond acceptors (Lipinski definition) is 3. The van der Waals surface area contributed by atoms with Crippen molar-refractivity contribution in [2.24, 2.45) is 0 Å². The minimum atomic E-state index is -0.703. The van der Waals surface area contributed by atoms with E-state index in [9.17, 15) is 9.50 Å². The minimum Gasteiger partial charge on any atom is -0.389 e. The lowest BCUT2D eigenvalue weighted by Crippen LogP contribution is -2.18. The van der Waals surface area contributed by atoms with Crippen LogP contribution in [0.25, 0.3) is 0 Å². The Morgan fingerprint density at radius 2 is 1.95 bits per heavy atom. The van der Waals surface area contributed by atoms with Crippen LogP contribution in [0.4, 0.5) is 10.1 Å². The van der Waals surface area contributed by atoms with E-state index in [1.165, 1.54) is 12.1 Å². The van der Waals surface area contributed by atoms with E-state index in [2.05, 4.69) is 4.98 Å². The molecular formula is C15H17FN2O. The molecule has 0 unspecified atom stereocenters. The molecule has 19 heavy (non-hydrogen) atoms. The van der Waals surface area contributed by atoms with Gasteiger partial charge in [-0.15, -0.1) is 0 Å². The van der Waals surface area contributed by atoms with E-state index in [0.29, 0.717) is 12.1 Å². The summed E-state index contributed by atoms with van der Waals surface area (Å²) in [5.74, 6) is -0.336. The van der Waals surface area contributed by atoms with Crippen LogP contribution in [0.5, 0.6) is 0 Å². The van der Waals surface area contributed by atoms with Crippen LogP contribution in [-0.4, -0.2) is 17.1 Å². The van der Waals surface area contributed by atoms with Crippen LogP contribution in [-0.2, 0) is 6.54 Å². The zero-order chi connectivity index (χ0) is 13.8. The number of rotatable bonds is 4. The highest BCUT2D eigenvalue weighted by Gasteiger charge is 2.13. The molecule has 0 amide bonds. The number of aliphatic hydroxyl groups excluding tert-OH is 1. The van der Waals surface area contributed by atoms with Gasteiger partial charge in [-0.05, 0) is 42.8 Å². The van der Waals surface area contributed by atoms with Gasteiger partial charge < -0.3 is 10.0 Å². The van der Waals surface area contributed by atoms with Crippen molar-refractivity contribution in [3.63, 3.8) is 0 Å². The summed E-state index contributed by atoms with van der Waals surface area (Å²) < 4.78 is 13.3. The number of hydrogen-bond donors (Lipinski definition) is 1. The lowest BCUT2D eigenvalue weighted by atomic mass is 10.1. The molecule has 0 bridgehead atoms. The molecule has 100 valence electrons. The summed E-state index contributed by atoms with van der Waals surface area (Å²) in [6, 6.07) is 8.34. The van der Waals surface area contributed by atoms with Crippen molar-refractivity contribution in [3.8, 4) is 0 Å². The van der Waals surface area contributed by atoms with Crippen molar-refractivity contribution in [1.29, 1.82) is 0 Å². The number of halogens is 1. The van der Waals surface area contributed by atoms with Crippen molar-refractivity contribution >= 4 is 5.69 Å². The Kier molecular flexibility index (Phi) is 4.12. The summed E-state index contributed by atoms with van der Waals surface area (Å²) in [6.45, 7) is 2.31. The average molecular weight is 260 g/mol. The van der Waals surface area contributed by atoms with Crippen molar-refractivity contribution in [2.75, 3.05) is 11.9 Å². The highest BCUT2D eigenvalue weighted by atomic mass is 19.1. The normalized spacial score (nSPS) is 12.2. The third-order valence-electron chi connectivity index (χ3n) is 3.02. The van der Waals surface area contributed by atoms with Crippen LogP contribution >= 0.6 is 0 Å². The van der Waals surface area contributed by atoms with Crippen LogP contribution in [0.15, 0.2) is 42.7 Å². The van der Waals surface area contributed by atoms with E-state index in [1.54, 1.807) is 25.4 Å². The molecule has 2 aromatic rings. The summed E-state index contributed by atoms with van der Waals surface area (Å²) in [4.78, 5) is 5.96. The molecule has 0 aliphatic rings. The van der Waals surface area contributed by atoms with Gasteiger partial charge in [0.05, 0.1) is 6.10 Å². The molecule has 1 aromatic carbocycles. The van der Waals surface area contributed by atoms with Crippen LogP contribution in [0.3, 0.4) is 0 Å². The topological polar surface area (TPSA) is 36.4 Å². The van der Waals surface area contributed by atoms with Gasteiger partial charge >= 0.3 is 0 Å². The number of anilines is 1. The zero-order valence-electron chi connectivity index (χ0n) is 11.0. The SMILES string of the molecule is C[C@H](O)c1cc(F)ccc1N(C)Cc1ccncc1. The second kappa shape index (κ2) is 5.80. The highest BCUT2D eigenvalue weighted by Crippen LogP contribution is 2.27. The fourth-order valence-electron chi connectivity index (χ4n) is 2.05. The Morgan fingerprint density at radius 1 is 1.26 bits per heavy atom. The smallest absolute Gasteiger partial charge is 0.123 e. The van der Waals surface area contributed by atoms with E-state index in [0.717, 1.165) is 11.3 Å². The van der Waals surface area contributed by atoms with E-state index in [4.69, 9.17) is 0 Å². The molecule has 0 saturated heterocycles. The van der Waals surface area contributed by atoms with Crippen LogP contribution in [0.2, 0.25) is 0 Å². The second-order valence-corrected chi connectivity index (χ2v) is 4.59. The Morgan fingerprint density at radius 3 is 2.58 bits per heavy atom. The average Bonchev–Trinajstić information content (AvgIpc) is 2.39. The van der Waals surface area contributed by atoms with Crippen molar-refractivity contribution in [1.82, 2.24) is 4.98 Å². The summed E-state index contributed by atoms with van der Waals surface area (Å²) in [7, 11) is 1.92. The van der Waals surface area contributed by atoms with Crippen molar-refractivity contribution in [3.05, 3.63) is 59.7 Å². The number of benzene rings is 1. The first-order valence-corrected chi connectivity index (χ1v) is 6.15. The molecular weight excluding hydrogens is 243 g/mol. The fraction of sp³-hybridized carbons (Fsp3) is 0.267. The quantitative estimate of drug-likeness (QED) is 0.918. The van der Waals surface area contributed by atoms with Gasteiger partial charge in [-0.2, -0.15) is 0 Å².